The van der Waals surface area contributed by atoms with Crippen molar-refractivity contribution in [2.75, 3.05) is 13.2 Å². The van der Waals surface area contributed by atoms with Gasteiger partial charge in [-0.1, -0.05) is 74.8 Å². The van der Waals surface area contributed by atoms with Gasteiger partial charge in [-0.05, 0) is 36.0 Å². The highest BCUT2D eigenvalue weighted by molar-refractivity contribution is 5.88. The molecule has 0 bridgehead atoms. The second-order valence-corrected chi connectivity index (χ2v) is 12.4. The molecule has 0 aliphatic rings. The van der Waals surface area contributed by atoms with Gasteiger partial charge in [-0.3, -0.25) is 4.79 Å². The van der Waals surface area contributed by atoms with E-state index in [4.69, 9.17) is 9.47 Å². The van der Waals surface area contributed by atoms with Crippen LogP contribution in [0.1, 0.15) is 101 Å². The molecule has 206 valence electrons. The Labute approximate surface area is 209 Å². The second-order valence-electron chi connectivity index (χ2n) is 12.4. The van der Waals surface area contributed by atoms with Crippen LogP contribution in [0.5, 0.6) is 0 Å². The van der Waals surface area contributed by atoms with Crippen LogP contribution in [-0.4, -0.2) is 42.5 Å². The number of esters is 2. The highest BCUT2D eigenvalue weighted by Gasteiger charge is 2.68. The Hall–Kier alpha value is -1.57. The molecule has 0 spiro atoms. The number of aliphatic hydroxyl groups excluding tert-OH is 1. The summed E-state index contributed by atoms with van der Waals surface area (Å²) in [6.07, 6.45) is -3.01. The van der Waals surface area contributed by atoms with Crippen molar-refractivity contribution in [3.05, 3.63) is 11.6 Å². The third kappa shape index (κ3) is 10.1. The number of aliphatic hydroxyl groups is 1. The van der Waals surface area contributed by atoms with E-state index < -0.39 is 46.9 Å². The third-order valence-corrected chi connectivity index (χ3v) is 6.51. The van der Waals surface area contributed by atoms with Crippen molar-refractivity contribution in [3.8, 4) is 0 Å². The molecule has 5 nitrogen and oxygen atoms in total. The van der Waals surface area contributed by atoms with Crippen LogP contribution in [-0.2, 0) is 19.1 Å². The van der Waals surface area contributed by atoms with E-state index in [1.54, 1.807) is 33.8 Å². The van der Waals surface area contributed by atoms with Gasteiger partial charge in [-0.15, -0.1) is 0 Å². The lowest BCUT2D eigenvalue weighted by molar-refractivity contribution is -0.269. The van der Waals surface area contributed by atoms with E-state index in [2.05, 4.69) is 13.8 Å². The number of rotatable bonds is 12. The molecule has 0 saturated heterocycles. The molecule has 0 radical (unpaired) electrons. The molecule has 2 atom stereocenters. The molecule has 0 aromatic rings. The molecule has 0 saturated carbocycles. The van der Waals surface area contributed by atoms with Crippen molar-refractivity contribution in [2.45, 2.75) is 114 Å². The largest absolute Gasteiger partial charge is 0.465 e. The van der Waals surface area contributed by atoms with E-state index in [1.807, 2.05) is 6.92 Å². The lowest BCUT2D eigenvalue weighted by Gasteiger charge is -2.46. The Morgan fingerprint density at radius 1 is 0.914 bits per heavy atom. The quantitative estimate of drug-likeness (QED) is 0.227. The molecule has 0 aliphatic carbocycles. The van der Waals surface area contributed by atoms with Crippen molar-refractivity contribution in [1.82, 2.24) is 0 Å². The fourth-order valence-electron chi connectivity index (χ4n) is 3.95. The summed E-state index contributed by atoms with van der Waals surface area (Å²) in [4.78, 5) is 25.2. The first-order valence-corrected chi connectivity index (χ1v) is 12.4. The van der Waals surface area contributed by atoms with Gasteiger partial charge in [0.25, 0.3) is 0 Å². The van der Waals surface area contributed by atoms with Gasteiger partial charge >= 0.3 is 18.1 Å². The van der Waals surface area contributed by atoms with Crippen LogP contribution in [0.3, 0.4) is 0 Å². The standard InChI is InChI=1S/C27H47F3O5/c1-11-19(17-25(9,10)12-2)21(32)34-15-13-20(31)14-16-35-22(33)26(24(6,7)8,27(28,29)30)18-23(3,4)5/h11,20,31H,12-18H2,1-10H3/b19-11-. The van der Waals surface area contributed by atoms with Crippen LogP contribution in [0.4, 0.5) is 13.2 Å². The average Bonchev–Trinajstić information content (AvgIpc) is 2.67. The molecule has 0 aliphatic heterocycles. The van der Waals surface area contributed by atoms with Crippen molar-refractivity contribution >= 4 is 11.9 Å². The van der Waals surface area contributed by atoms with E-state index in [0.29, 0.717) is 12.0 Å². The Balaban J connectivity index is 5.00. The number of alkyl halides is 3. The number of carbonyl (C=O) groups excluding carboxylic acids is 2. The summed E-state index contributed by atoms with van der Waals surface area (Å²) in [5.74, 6) is -1.78. The van der Waals surface area contributed by atoms with E-state index >= 15 is 0 Å². The maximum Gasteiger partial charge on any atom is 0.405 e. The Bertz CT molecular complexity index is 711. The van der Waals surface area contributed by atoms with Crippen molar-refractivity contribution < 1.29 is 37.3 Å². The van der Waals surface area contributed by atoms with Gasteiger partial charge in [0.1, 0.15) is 0 Å². The highest BCUT2D eigenvalue weighted by Crippen LogP contribution is 2.57. The summed E-state index contributed by atoms with van der Waals surface area (Å²) in [6.45, 7) is 16.6. The Morgan fingerprint density at radius 2 is 1.40 bits per heavy atom. The van der Waals surface area contributed by atoms with Crippen LogP contribution in [0, 0.1) is 21.7 Å². The lowest BCUT2D eigenvalue weighted by Crippen LogP contribution is -2.56. The minimum atomic E-state index is -4.81. The number of allylic oxidation sites excluding steroid dienone is 1. The van der Waals surface area contributed by atoms with Gasteiger partial charge in [0.15, 0.2) is 5.41 Å². The number of ether oxygens (including phenoxy) is 2. The first kappa shape index (κ1) is 33.4. The van der Waals surface area contributed by atoms with Gasteiger partial charge in [-0.25, -0.2) is 4.79 Å². The zero-order valence-electron chi connectivity index (χ0n) is 23.3. The van der Waals surface area contributed by atoms with Crippen molar-refractivity contribution in [3.63, 3.8) is 0 Å². The summed E-state index contributed by atoms with van der Waals surface area (Å²) in [6, 6.07) is 0. The van der Waals surface area contributed by atoms with E-state index in [9.17, 15) is 27.9 Å². The van der Waals surface area contributed by atoms with Gasteiger partial charge in [-0.2, -0.15) is 13.2 Å². The molecule has 0 amide bonds. The SMILES string of the molecule is C/C=C(/CC(C)(C)CC)C(=O)OCCC(O)CCOC(=O)C(CC(C)(C)C)(C(C)(C)C)C(F)(F)F. The number of hydrogen-bond acceptors (Lipinski definition) is 5. The van der Waals surface area contributed by atoms with Crippen LogP contribution in [0.2, 0.25) is 0 Å². The zero-order chi connectivity index (χ0) is 27.9. The average molecular weight is 509 g/mol. The second kappa shape index (κ2) is 12.6. The molecule has 35 heavy (non-hydrogen) atoms. The van der Waals surface area contributed by atoms with E-state index in [0.717, 1.165) is 6.42 Å². The molecule has 0 aromatic heterocycles. The van der Waals surface area contributed by atoms with Crippen LogP contribution < -0.4 is 0 Å². The maximum absolute atomic E-state index is 14.3. The third-order valence-electron chi connectivity index (χ3n) is 6.51. The molecule has 2 unspecified atom stereocenters. The summed E-state index contributed by atoms with van der Waals surface area (Å²) >= 11 is 0. The first-order chi connectivity index (χ1) is 15.6. The predicted octanol–water partition coefficient (Wildman–Crippen LogP) is 7.02. The molecular formula is C27H47F3O5. The van der Waals surface area contributed by atoms with Gasteiger partial charge < -0.3 is 14.6 Å². The Kier molecular flexibility index (Phi) is 12.0. The molecule has 0 aromatic carbocycles. The fourth-order valence-corrected chi connectivity index (χ4v) is 3.95. The summed E-state index contributed by atoms with van der Waals surface area (Å²) in [5, 5.41) is 10.2. The van der Waals surface area contributed by atoms with Gasteiger partial charge in [0.2, 0.25) is 0 Å². The zero-order valence-corrected chi connectivity index (χ0v) is 23.3. The molecular weight excluding hydrogens is 461 g/mol. The van der Waals surface area contributed by atoms with Gasteiger partial charge in [0.05, 0.1) is 19.3 Å². The Morgan fingerprint density at radius 3 is 1.77 bits per heavy atom. The normalized spacial score (nSPS) is 16.5. The highest BCUT2D eigenvalue weighted by atomic mass is 19.4. The molecule has 8 heteroatoms. The van der Waals surface area contributed by atoms with E-state index in [-0.39, 0.29) is 31.5 Å². The molecule has 0 rings (SSSR count). The molecule has 0 heterocycles. The van der Waals surface area contributed by atoms with E-state index in [1.165, 1.54) is 20.8 Å². The topological polar surface area (TPSA) is 72.8 Å². The van der Waals surface area contributed by atoms with Crippen LogP contribution in [0.25, 0.3) is 0 Å². The number of halogens is 3. The lowest BCUT2D eigenvalue weighted by atomic mass is 9.59. The summed E-state index contributed by atoms with van der Waals surface area (Å²) in [5.41, 5.74) is -4.38. The van der Waals surface area contributed by atoms with Crippen molar-refractivity contribution in [1.29, 1.82) is 0 Å². The van der Waals surface area contributed by atoms with Crippen LogP contribution in [0.15, 0.2) is 11.6 Å². The monoisotopic (exact) mass is 508 g/mol. The first-order valence-electron chi connectivity index (χ1n) is 12.4. The fraction of sp³-hybridized carbons (Fsp3) is 0.852. The van der Waals surface area contributed by atoms with Crippen molar-refractivity contribution in [2.24, 2.45) is 21.7 Å². The molecule has 0 fully saturated rings. The maximum atomic E-state index is 14.3. The number of hydrogen-bond donors (Lipinski definition) is 1. The number of carbonyl (C=O) groups is 2. The summed E-state index contributed by atoms with van der Waals surface area (Å²) < 4.78 is 53.2. The smallest absolute Gasteiger partial charge is 0.405 e. The minimum absolute atomic E-state index is 0.0453. The molecule has 1 N–H and O–H groups in total. The summed E-state index contributed by atoms with van der Waals surface area (Å²) in [7, 11) is 0. The minimum Gasteiger partial charge on any atom is -0.465 e. The van der Waals surface area contributed by atoms with Crippen LogP contribution >= 0.6 is 0 Å². The predicted molar refractivity (Wildman–Crippen MR) is 132 cm³/mol. The van der Waals surface area contributed by atoms with Gasteiger partial charge in [0, 0.05) is 18.4 Å².